The van der Waals surface area contributed by atoms with Gasteiger partial charge in [0.05, 0.1) is 19.8 Å². The average Bonchev–Trinajstić information content (AvgIpc) is 2.64. The molecule has 0 unspecified atom stereocenters. The first-order chi connectivity index (χ1) is 12.6. The molecule has 138 valence electrons. The highest BCUT2D eigenvalue weighted by Gasteiger charge is 2.12. The second kappa shape index (κ2) is 8.68. The number of carbonyl (C=O) groups is 1. The molecule has 26 heavy (non-hydrogen) atoms. The lowest BCUT2D eigenvalue weighted by atomic mass is 10.2. The van der Waals surface area contributed by atoms with E-state index in [1.807, 2.05) is 0 Å². The van der Waals surface area contributed by atoms with Crippen LogP contribution in [0.25, 0.3) is 0 Å². The van der Waals surface area contributed by atoms with Crippen molar-refractivity contribution in [2.75, 3.05) is 39.4 Å². The van der Waals surface area contributed by atoms with E-state index in [0.29, 0.717) is 25.3 Å². The summed E-state index contributed by atoms with van der Waals surface area (Å²) in [6.45, 7) is 4.45. The second-order valence-corrected chi connectivity index (χ2v) is 6.05. The van der Waals surface area contributed by atoms with Crippen LogP contribution in [0.1, 0.15) is 16.1 Å². The molecule has 1 amide bonds. The van der Waals surface area contributed by atoms with Gasteiger partial charge in [0.1, 0.15) is 11.5 Å². The molecule has 1 fully saturated rings. The number of rotatable bonds is 6. The van der Waals surface area contributed by atoms with Gasteiger partial charge in [-0.2, -0.15) is 5.10 Å². The van der Waals surface area contributed by atoms with Crippen LogP contribution in [0.3, 0.4) is 0 Å². The quantitative estimate of drug-likeness (QED) is 0.812. The van der Waals surface area contributed by atoms with E-state index in [4.69, 9.17) is 4.74 Å². The zero-order chi connectivity index (χ0) is 18.4. The molecular formula is C18H21FN4O3. The Balaban J connectivity index is 1.60. The molecule has 1 aromatic carbocycles. The Labute approximate surface area is 150 Å². The van der Waals surface area contributed by atoms with Crippen LogP contribution in [0.15, 0.2) is 41.2 Å². The summed E-state index contributed by atoms with van der Waals surface area (Å²) >= 11 is 0. The normalized spacial score (nSPS) is 15.0. The fourth-order valence-corrected chi connectivity index (χ4v) is 2.73. The van der Waals surface area contributed by atoms with Gasteiger partial charge in [-0.05, 0) is 23.8 Å². The number of amides is 1. The third-order valence-electron chi connectivity index (χ3n) is 4.14. The topological polar surface area (TPSA) is 76.5 Å². The van der Waals surface area contributed by atoms with E-state index in [2.05, 4.69) is 15.3 Å². The Bertz CT molecular complexity index is 818. The molecule has 0 bridgehead atoms. The molecule has 8 heteroatoms. The standard InChI is InChI=1S/C18H21FN4O3/c19-15-3-1-2-14(12-15)13-23-17(24)5-4-16(21-23)18(25)20-6-7-22-8-10-26-11-9-22/h1-5,12H,6-11,13H2,(H,20,25). The van der Waals surface area contributed by atoms with Gasteiger partial charge in [0.2, 0.25) is 0 Å². The van der Waals surface area contributed by atoms with E-state index < -0.39 is 0 Å². The molecule has 0 aliphatic carbocycles. The number of morpholine rings is 1. The number of ether oxygens (including phenoxy) is 1. The van der Waals surface area contributed by atoms with Gasteiger partial charge in [0.15, 0.2) is 0 Å². The lowest BCUT2D eigenvalue weighted by Gasteiger charge is -2.26. The smallest absolute Gasteiger partial charge is 0.271 e. The maximum Gasteiger partial charge on any atom is 0.271 e. The van der Waals surface area contributed by atoms with Crippen molar-refractivity contribution in [2.45, 2.75) is 6.54 Å². The van der Waals surface area contributed by atoms with Crippen molar-refractivity contribution in [3.63, 3.8) is 0 Å². The summed E-state index contributed by atoms with van der Waals surface area (Å²) in [5, 5.41) is 6.91. The summed E-state index contributed by atoms with van der Waals surface area (Å²) < 4.78 is 19.7. The van der Waals surface area contributed by atoms with E-state index >= 15 is 0 Å². The third-order valence-corrected chi connectivity index (χ3v) is 4.14. The maximum atomic E-state index is 13.3. The van der Waals surface area contributed by atoms with Gasteiger partial charge in [0, 0.05) is 32.2 Å². The van der Waals surface area contributed by atoms with Crippen LogP contribution in [0.4, 0.5) is 4.39 Å². The molecule has 7 nitrogen and oxygen atoms in total. The molecule has 2 heterocycles. The van der Waals surface area contributed by atoms with Crippen molar-refractivity contribution < 1.29 is 13.9 Å². The van der Waals surface area contributed by atoms with Crippen molar-refractivity contribution in [1.29, 1.82) is 0 Å². The van der Waals surface area contributed by atoms with Crippen LogP contribution < -0.4 is 10.9 Å². The molecule has 2 aromatic rings. The minimum atomic E-state index is -0.382. The zero-order valence-corrected chi connectivity index (χ0v) is 14.4. The molecule has 1 aliphatic rings. The minimum absolute atomic E-state index is 0.103. The van der Waals surface area contributed by atoms with Gasteiger partial charge < -0.3 is 10.1 Å². The summed E-state index contributed by atoms with van der Waals surface area (Å²) in [5.41, 5.74) is 0.409. The van der Waals surface area contributed by atoms with Gasteiger partial charge in [-0.25, -0.2) is 9.07 Å². The molecule has 1 saturated heterocycles. The Morgan fingerprint density at radius 2 is 2.04 bits per heavy atom. The molecule has 0 radical (unpaired) electrons. The lowest BCUT2D eigenvalue weighted by Crippen LogP contribution is -2.41. The van der Waals surface area contributed by atoms with Crippen molar-refractivity contribution in [2.24, 2.45) is 0 Å². The highest BCUT2D eigenvalue weighted by molar-refractivity contribution is 5.91. The number of nitrogens with zero attached hydrogens (tertiary/aromatic N) is 3. The molecule has 1 N–H and O–H groups in total. The van der Waals surface area contributed by atoms with Crippen LogP contribution in [-0.2, 0) is 11.3 Å². The van der Waals surface area contributed by atoms with Crippen molar-refractivity contribution in [3.8, 4) is 0 Å². The molecule has 1 aromatic heterocycles. The SMILES string of the molecule is O=C(NCCN1CCOCC1)c1ccc(=O)n(Cc2cccc(F)c2)n1. The third kappa shape index (κ3) is 4.96. The van der Waals surface area contributed by atoms with E-state index in [9.17, 15) is 14.0 Å². The predicted octanol–water partition coefficient (Wildman–Crippen LogP) is 0.493. The Kier molecular flexibility index (Phi) is 6.08. The van der Waals surface area contributed by atoms with Crippen LogP contribution in [0.2, 0.25) is 0 Å². The first-order valence-electron chi connectivity index (χ1n) is 8.53. The number of carbonyl (C=O) groups excluding carboxylic acids is 1. The van der Waals surface area contributed by atoms with E-state index in [1.165, 1.54) is 24.3 Å². The molecule has 3 rings (SSSR count). The first kappa shape index (κ1) is 18.2. The van der Waals surface area contributed by atoms with E-state index in [-0.39, 0.29) is 29.5 Å². The number of hydrogen-bond acceptors (Lipinski definition) is 5. The summed E-state index contributed by atoms with van der Waals surface area (Å²) in [6, 6.07) is 8.63. The van der Waals surface area contributed by atoms with Crippen molar-refractivity contribution in [1.82, 2.24) is 20.0 Å². The van der Waals surface area contributed by atoms with E-state index in [1.54, 1.807) is 12.1 Å². The first-order valence-corrected chi connectivity index (χ1v) is 8.53. The number of aromatic nitrogens is 2. The van der Waals surface area contributed by atoms with E-state index in [0.717, 1.165) is 24.3 Å². The molecule has 0 spiro atoms. The van der Waals surface area contributed by atoms with Crippen LogP contribution >= 0.6 is 0 Å². The number of nitrogens with one attached hydrogen (secondary N) is 1. The average molecular weight is 360 g/mol. The fraction of sp³-hybridized carbons (Fsp3) is 0.389. The zero-order valence-electron chi connectivity index (χ0n) is 14.4. The van der Waals surface area contributed by atoms with Crippen LogP contribution in [0.5, 0.6) is 0 Å². The molecule has 0 atom stereocenters. The maximum absolute atomic E-state index is 13.3. The second-order valence-electron chi connectivity index (χ2n) is 6.05. The van der Waals surface area contributed by atoms with Crippen molar-refractivity contribution >= 4 is 5.91 Å². The highest BCUT2D eigenvalue weighted by Crippen LogP contribution is 2.04. The van der Waals surface area contributed by atoms with Gasteiger partial charge >= 0.3 is 0 Å². The monoisotopic (exact) mass is 360 g/mol. The van der Waals surface area contributed by atoms with Gasteiger partial charge in [-0.3, -0.25) is 14.5 Å². The number of hydrogen-bond donors (Lipinski definition) is 1. The summed E-state index contributed by atoms with van der Waals surface area (Å²) in [7, 11) is 0. The van der Waals surface area contributed by atoms with Gasteiger partial charge in [-0.1, -0.05) is 12.1 Å². The Morgan fingerprint density at radius 3 is 2.81 bits per heavy atom. The fourth-order valence-electron chi connectivity index (χ4n) is 2.73. The number of halogens is 1. The summed E-state index contributed by atoms with van der Waals surface area (Å²) in [4.78, 5) is 26.4. The molecular weight excluding hydrogens is 339 g/mol. The Hall–Kier alpha value is -2.58. The molecule has 1 aliphatic heterocycles. The highest BCUT2D eigenvalue weighted by atomic mass is 19.1. The largest absolute Gasteiger partial charge is 0.379 e. The predicted molar refractivity (Wildman–Crippen MR) is 93.6 cm³/mol. The van der Waals surface area contributed by atoms with Gasteiger partial charge in [-0.15, -0.1) is 0 Å². The molecule has 0 saturated carbocycles. The van der Waals surface area contributed by atoms with Gasteiger partial charge in [0.25, 0.3) is 11.5 Å². The lowest BCUT2D eigenvalue weighted by molar-refractivity contribution is 0.0383. The number of benzene rings is 1. The van der Waals surface area contributed by atoms with Crippen LogP contribution in [0, 0.1) is 5.82 Å². The van der Waals surface area contributed by atoms with Crippen LogP contribution in [-0.4, -0.2) is 60.0 Å². The van der Waals surface area contributed by atoms with Crippen molar-refractivity contribution in [3.05, 3.63) is 63.8 Å². The summed E-state index contributed by atoms with van der Waals surface area (Å²) in [5.74, 6) is -0.723. The minimum Gasteiger partial charge on any atom is -0.379 e. The summed E-state index contributed by atoms with van der Waals surface area (Å²) in [6.07, 6.45) is 0. The Morgan fingerprint density at radius 1 is 1.23 bits per heavy atom.